The van der Waals surface area contributed by atoms with Crippen LogP contribution in [0.15, 0.2) is 12.1 Å². The molecule has 1 aromatic rings. The summed E-state index contributed by atoms with van der Waals surface area (Å²) >= 11 is 2.20. The van der Waals surface area contributed by atoms with Gasteiger partial charge in [0.1, 0.15) is 5.75 Å². The summed E-state index contributed by atoms with van der Waals surface area (Å²) in [6.45, 7) is 10.8. The van der Waals surface area contributed by atoms with E-state index in [4.69, 9.17) is 0 Å². The van der Waals surface area contributed by atoms with Crippen molar-refractivity contribution in [2.24, 2.45) is 0 Å². The Morgan fingerprint density at radius 2 is 1.73 bits per heavy atom. The van der Waals surface area contributed by atoms with Gasteiger partial charge in [0, 0.05) is 0 Å². The Morgan fingerprint density at radius 3 is 2.13 bits per heavy atom. The average molecular weight is 318 g/mol. The fourth-order valence-corrected chi connectivity index (χ4v) is 2.14. The highest BCUT2D eigenvalue weighted by molar-refractivity contribution is 14.1. The molecule has 0 aliphatic rings. The number of benzene rings is 1. The van der Waals surface area contributed by atoms with Gasteiger partial charge in [0.2, 0.25) is 0 Å². The Morgan fingerprint density at radius 1 is 1.20 bits per heavy atom. The highest BCUT2D eigenvalue weighted by atomic mass is 127. The highest BCUT2D eigenvalue weighted by Crippen LogP contribution is 2.35. The molecule has 0 aliphatic heterocycles. The summed E-state index contributed by atoms with van der Waals surface area (Å²) in [7, 11) is 0. The van der Waals surface area contributed by atoms with Crippen molar-refractivity contribution in [3.8, 4) is 5.75 Å². The number of phenolic OH excluding ortho intramolecular Hbond substituents is 1. The third-order valence-electron chi connectivity index (χ3n) is 2.58. The highest BCUT2D eigenvalue weighted by Gasteiger charge is 2.18. The summed E-state index contributed by atoms with van der Waals surface area (Å²) in [6.07, 6.45) is 0. The van der Waals surface area contributed by atoms with Gasteiger partial charge in [-0.1, -0.05) is 40.7 Å². The zero-order valence-corrected chi connectivity index (χ0v) is 12.2. The summed E-state index contributed by atoms with van der Waals surface area (Å²) in [6, 6.07) is 4.20. The van der Waals surface area contributed by atoms with Gasteiger partial charge in [-0.15, -0.1) is 0 Å². The smallest absolute Gasteiger partial charge is 0.132 e. The lowest BCUT2D eigenvalue weighted by atomic mass is 9.84. The van der Waals surface area contributed by atoms with Crippen molar-refractivity contribution in [3.05, 3.63) is 26.8 Å². The van der Waals surface area contributed by atoms with Crippen molar-refractivity contribution in [1.29, 1.82) is 0 Å². The van der Waals surface area contributed by atoms with E-state index in [1.807, 2.05) is 0 Å². The van der Waals surface area contributed by atoms with E-state index in [2.05, 4.69) is 69.3 Å². The average Bonchev–Trinajstić information content (AvgIpc) is 2.06. The Labute approximate surface area is 106 Å². The van der Waals surface area contributed by atoms with E-state index in [9.17, 15) is 5.11 Å². The Balaban J connectivity index is 3.36. The molecule has 0 amide bonds. The van der Waals surface area contributed by atoms with E-state index in [-0.39, 0.29) is 5.41 Å². The number of phenols is 1. The Hall–Kier alpha value is -0.250. The van der Waals surface area contributed by atoms with Gasteiger partial charge in [-0.25, -0.2) is 0 Å². The number of hydrogen-bond acceptors (Lipinski definition) is 1. The molecule has 1 N–H and O–H groups in total. The van der Waals surface area contributed by atoms with Crippen LogP contribution in [0.3, 0.4) is 0 Å². The first-order valence-corrected chi connectivity index (χ1v) is 6.34. The van der Waals surface area contributed by atoms with Crippen LogP contribution in [-0.2, 0) is 5.41 Å². The van der Waals surface area contributed by atoms with Crippen molar-refractivity contribution in [2.45, 2.75) is 46.0 Å². The van der Waals surface area contributed by atoms with Crippen LogP contribution in [0, 0.1) is 3.57 Å². The second-order valence-corrected chi connectivity index (χ2v) is 6.46. The molecule has 0 aliphatic carbocycles. The normalized spacial score (nSPS) is 12.2. The van der Waals surface area contributed by atoms with Gasteiger partial charge >= 0.3 is 0 Å². The quantitative estimate of drug-likeness (QED) is 0.760. The Kier molecular flexibility index (Phi) is 3.69. The molecule has 0 radical (unpaired) electrons. The maximum atomic E-state index is 9.95. The van der Waals surface area contributed by atoms with Gasteiger partial charge in [-0.2, -0.15) is 0 Å². The molecular formula is C13H19IO. The molecule has 0 saturated carbocycles. The molecule has 2 heteroatoms. The predicted octanol–water partition coefficient (Wildman–Crippen LogP) is 4.42. The summed E-state index contributed by atoms with van der Waals surface area (Å²) in [5.74, 6) is 0.805. The van der Waals surface area contributed by atoms with Gasteiger partial charge in [0.25, 0.3) is 0 Å². The van der Waals surface area contributed by atoms with Gasteiger partial charge in [0.15, 0.2) is 0 Å². The standard InChI is InChI=1S/C13H19IO/c1-8(2)10-6-9(13(3,4)5)7-11(14)12(10)15/h6-8,15H,1-5H3. The topological polar surface area (TPSA) is 20.2 Å². The number of hydrogen-bond donors (Lipinski definition) is 1. The molecule has 0 saturated heterocycles. The monoisotopic (exact) mass is 318 g/mol. The van der Waals surface area contributed by atoms with Crippen LogP contribution in [0.4, 0.5) is 0 Å². The summed E-state index contributed by atoms with van der Waals surface area (Å²) in [5.41, 5.74) is 2.47. The molecule has 84 valence electrons. The summed E-state index contributed by atoms with van der Waals surface area (Å²) in [5, 5.41) is 9.95. The fraction of sp³-hybridized carbons (Fsp3) is 0.538. The minimum Gasteiger partial charge on any atom is -0.507 e. The van der Waals surface area contributed by atoms with E-state index in [0.29, 0.717) is 11.7 Å². The van der Waals surface area contributed by atoms with Crippen LogP contribution >= 0.6 is 22.6 Å². The molecule has 15 heavy (non-hydrogen) atoms. The zero-order chi connectivity index (χ0) is 11.8. The van der Waals surface area contributed by atoms with E-state index < -0.39 is 0 Å². The molecule has 1 nitrogen and oxygen atoms in total. The maximum Gasteiger partial charge on any atom is 0.132 e. The second-order valence-electron chi connectivity index (χ2n) is 5.30. The minimum absolute atomic E-state index is 0.136. The number of halogens is 1. The lowest BCUT2D eigenvalue weighted by Gasteiger charge is -2.22. The van der Waals surface area contributed by atoms with Crippen molar-refractivity contribution in [2.75, 3.05) is 0 Å². The SMILES string of the molecule is CC(C)c1cc(C(C)(C)C)cc(I)c1O. The predicted molar refractivity (Wildman–Crippen MR) is 73.6 cm³/mol. The van der Waals surface area contributed by atoms with E-state index in [1.165, 1.54) is 5.56 Å². The lowest BCUT2D eigenvalue weighted by Crippen LogP contribution is -2.12. The first kappa shape index (κ1) is 12.8. The van der Waals surface area contributed by atoms with Gasteiger partial charge in [0.05, 0.1) is 3.57 Å². The van der Waals surface area contributed by atoms with Gasteiger partial charge in [-0.3, -0.25) is 0 Å². The molecule has 1 rings (SSSR count). The maximum absolute atomic E-state index is 9.95. The van der Waals surface area contributed by atoms with Crippen molar-refractivity contribution < 1.29 is 5.11 Å². The van der Waals surface area contributed by atoms with Crippen molar-refractivity contribution >= 4 is 22.6 Å². The fourth-order valence-electron chi connectivity index (χ4n) is 1.49. The molecule has 0 fully saturated rings. The summed E-state index contributed by atoms with van der Waals surface area (Å²) < 4.78 is 0.948. The van der Waals surface area contributed by atoms with Crippen LogP contribution in [-0.4, -0.2) is 5.11 Å². The first-order chi connectivity index (χ1) is 6.73. The molecule has 0 bridgehead atoms. The molecule has 0 aromatic heterocycles. The van der Waals surface area contributed by atoms with Gasteiger partial charge in [-0.05, 0) is 51.1 Å². The van der Waals surface area contributed by atoms with Gasteiger partial charge < -0.3 is 5.11 Å². The third-order valence-corrected chi connectivity index (χ3v) is 3.40. The van der Waals surface area contributed by atoms with Crippen LogP contribution < -0.4 is 0 Å². The third kappa shape index (κ3) is 2.86. The minimum atomic E-state index is 0.136. The van der Waals surface area contributed by atoms with Crippen LogP contribution in [0.25, 0.3) is 0 Å². The molecule has 0 atom stereocenters. The van der Waals surface area contributed by atoms with Crippen LogP contribution in [0.1, 0.15) is 51.7 Å². The second kappa shape index (κ2) is 4.32. The largest absolute Gasteiger partial charge is 0.507 e. The van der Waals surface area contributed by atoms with E-state index in [1.54, 1.807) is 0 Å². The Bertz CT molecular complexity index is 362. The molecule has 0 heterocycles. The molecular weight excluding hydrogens is 299 g/mol. The zero-order valence-electron chi connectivity index (χ0n) is 10.1. The van der Waals surface area contributed by atoms with E-state index >= 15 is 0 Å². The molecule has 0 unspecified atom stereocenters. The van der Waals surface area contributed by atoms with Crippen molar-refractivity contribution in [3.63, 3.8) is 0 Å². The van der Waals surface area contributed by atoms with Crippen LogP contribution in [0.5, 0.6) is 5.75 Å². The molecule has 1 aromatic carbocycles. The number of rotatable bonds is 1. The molecule has 0 spiro atoms. The summed E-state index contributed by atoms with van der Waals surface area (Å²) in [4.78, 5) is 0. The number of aromatic hydroxyl groups is 1. The van der Waals surface area contributed by atoms with E-state index in [0.717, 1.165) is 9.13 Å². The lowest BCUT2D eigenvalue weighted by molar-refractivity contribution is 0.459. The first-order valence-electron chi connectivity index (χ1n) is 5.26. The van der Waals surface area contributed by atoms with Crippen molar-refractivity contribution in [1.82, 2.24) is 0 Å². The van der Waals surface area contributed by atoms with Crippen LogP contribution in [0.2, 0.25) is 0 Å².